The maximum absolute atomic E-state index is 12.6. The van der Waals surface area contributed by atoms with Gasteiger partial charge in [-0.2, -0.15) is 10.1 Å². The Morgan fingerprint density at radius 2 is 2.25 bits per heavy atom. The smallest absolute Gasteiger partial charge is 0.226 e. The molecule has 1 atom stereocenters. The number of aromatic hydroxyl groups is 1. The molecule has 0 spiro atoms. The van der Waals surface area contributed by atoms with Crippen molar-refractivity contribution in [2.45, 2.75) is 25.3 Å². The van der Waals surface area contributed by atoms with Crippen molar-refractivity contribution >= 4 is 34.3 Å². The first-order valence-corrected chi connectivity index (χ1v) is 8.67. The van der Waals surface area contributed by atoms with Crippen LogP contribution in [0.25, 0.3) is 0 Å². The second-order valence-corrected chi connectivity index (χ2v) is 6.94. The summed E-state index contributed by atoms with van der Waals surface area (Å²) in [6, 6.07) is 3.24. The number of hydrogen-bond donors (Lipinski definition) is 2. The van der Waals surface area contributed by atoms with Crippen molar-refractivity contribution in [3.63, 3.8) is 0 Å². The van der Waals surface area contributed by atoms with Gasteiger partial charge in [0.2, 0.25) is 5.95 Å². The van der Waals surface area contributed by atoms with Crippen LogP contribution in [0.2, 0.25) is 0 Å². The van der Waals surface area contributed by atoms with Crippen molar-refractivity contribution in [2.75, 3.05) is 12.4 Å². The predicted octanol–water partition coefficient (Wildman–Crippen LogP) is 2.62. The number of carbonyl (C=O) groups is 1. The van der Waals surface area contributed by atoms with Crippen LogP contribution in [-0.2, 0) is 4.79 Å². The molecule has 1 aromatic carbocycles. The predicted molar refractivity (Wildman–Crippen MR) is 95.0 cm³/mol. The highest BCUT2D eigenvalue weighted by atomic mass is 127. The number of ketones is 1. The molecule has 1 aliphatic heterocycles. The summed E-state index contributed by atoms with van der Waals surface area (Å²) in [5.74, 6) is 1.22. The van der Waals surface area contributed by atoms with Gasteiger partial charge in [-0.3, -0.25) is 4.79 Å². The van der Waals surface area contributed by atoms with E-state index in [4.69, 9.17) is 4.74 Å². The largest absolute Gasteiger partial charge is 0.504 e. The number of rotatable bonds is 2. The fourth-order valence-electron chi connectivity index (χ4n) is 3.31. The number of halogens is 1. The van der Waals surface area contributed by atoms with Gasteiger partial charge in [0.05, 0.1) is 10.7 Å². The Hall–Kier alpha value is -2.10. The summed E-state index contributed by atoms with van der Waals surface area (Å²) in [4.78, 5) is 16.9. The van der Waals surface area contributed by atoms with Crippen molar-refractivity contribution in [3.8, 4) is 11.5 Å². The Balaban J connectivity index is 1.94. The van der Waals surface area contributed by atoms with Gasteiger partial charge in [-0.05, 0) is 53.1 Å². The van der Waals surface area contributed by atoms with E-state index in [2.05, 4.69) is 38.0 Å². The molecule has 0 saturated heterocycles. The molecule has 4 rings (SSSR count). The molecule has 0 bridgehead atoms. The highest BCUT2D eigenvalue weighted by Gasteiger charge is 2.36. The summed E-state index contributed by atoms with van der Waals surface area (Å²) >= 11 is 2.05. The topological polar surface area (TPSA) is 89.3 Å². The number of phenols is 1. The normalized spacial score (nSPS) is 19.6. The Kier molecular flexibility index (Phi) is 3.70. The lowest BCUT2D eigenvalue weighted by atomic mass is 9.85. The van der Waals surface area contributed by atoms with Crippen LogP contribution in [0.5, 0.6) is 11.5 Å². The maximum Gasteiger partial charge on any atom is 0.226 e. The van der Waals surface area contributed by atoms with E-state index in [1.807, 2.05) is 6.07 Å². The number of carbonyl (C=O) groups excluding carboxylic acids is 1. The van der Waals surface area contributed by atoms with E-state index in [-0.39, 0.29) is 17.6 Å². The molecule has 24 heavy (non-hydrogen) atoms. The number of hydrogen-bond acceptors (Lipinski definition) is 6. The van der Waals surface area contributed by atoms with Crippen molar-refractivity contribution in [1.82, 2.24) is 14.8 Å². The van der Waals surface area contributed by atoms with E-state index in [1.165, 1.54) is 13.4 Å². The van der Waals surface area contributed by atoms with Crippen molar-refractivity contribution < 1.29 is 14.6 Å². The van der Waals surface area contributed by atoms with Crippen LogP contribution >= 0.6 is 22.6 Å². The summed E-state index contributed by atoms with van der Waals surface area (Å²) < 4.78 is 7.64. The first kappa shape index (κ1) is 15.4. The van der Waals surface area contributed by atoms with Gasteiger partial charge in [-0.25, -0.2) is 4.68 Å². The SMILES string of the molecule is COc1cc(C2C3=C(CCCC3=O)Nc3ncnn32)cc(I)c1O. The summed E-state index contributed by atoms with van der Waals surface area (Å²) in [5, 5.41) is 17.6. The number of allylic oxidation sites excluding steroid dienone is 2. The van der Waals surface area contributed by atoms with Gasteiger partial charge in [0.15, 0.2) is 17.3 Å². The minimum Gasteiger partial charge on any atom is -0.504 e. The van der Waals surface area contributed by atoms with Crippen LogP contribution in [0.3, 0.4) is 0 Å². The van der Waals surface area contributed by atoms with Gasteiger partial charge in [0, 0.05) is 17.7 Å². The van der Waals surface area contributed by atoms with E-state index in [0.717, 1.165) is 29.7 Å². The first-order valence-electron chi connectivity index (χ1n) is 7.59. The number of benzene rings is 1. The highest BCUT2D eigenvalue weighted by molar-refractivity contribution is 14.1. The fourth-order valence-corrected chi connectivity index (χ4v) is 3.94. The molecule has 1 aromatic heterocycles. The summed E-state index contributed by atoms with van der Waals surface area (Å²) in [7, 11) is 1.51. The molecule has 2 heterocycles. The summed E-state index contributed by atoms with van der Waals surface area (Å²) in [6.45, 7) is 0. The van der Waals surface area contributed by atoms with Crippen LogP contribution in [0.15, 0.2) is 29.7 Å². The van der Waals surface area contributed by atoms with Crippen LogP contribution in [0.1, 0.15) is 30.9 Å². The van der Waals surface area contributed by atoms with Crippen LogP contribution < -0.4 is 10.1 Å². The molecule has 2 N–H and O–H groups in total. The minimum absolute atomic E-state index is 0.0961. The number of anilines is 1. The molecule has 0 radical (unpaired) electrons. The molecular weight excluding hydrogens is 423 g/mol. The first-order chi connectivity index (χ1) is 11.6. The van der Waals surface area contributed by atoms with E-state index >= 15 is 0 Å². The van der Waals surface area contributed by atoms with Gasteiger partial charge in [-0.15, -0.1) is 0 Å². The van der Waals surface area contributed by atoms with Gasteiger partial charge < -0.3 is 15.2 Å². The lowest BCUT2D eigenvalue weighted by Gasteiger charge is -2.32. The number of nitrogens with one attached hydrogen (secondary N) is 1. The monoisotopic (exact) mass is 438 g/mol. The average molecular weight is 438 g/mol. The van der Waals surface area contributed by atoms with Crippen LogP contribution in [-0.4, -0.2) is 32.8 Å². The van der Waals surface area contributed by atoms with Gasteiger partial charge in [-0.1, -0.05) is 0 Å². The minimum atomic E-state index is -0.366. The third-order valence-corrected chi connectivity index (χ3v) is 5.22. The third kappa shape index (κ3) is 2.27. The fraction of sp³-hybridized carbons (Fsp3) is 0.312. The molecule has 0 saturated carbocycles. The number of methoxy groups -OCH3 is 1. The second-order valence-electron chi connectivity index (χ2n) is 5.78. The quantitative estimate of drug-likeness (QED) is 0.701. The zero-order valence-corrected chi connectivity index (χ0v) is 15.1. The van der Waals surface area contributed by atoms with E-state index in [1.54, 1.807) is 10.7 Å². The third-order valence-electron chi connectivity index (χ3n) is 4.40. The second kappa shape index (κ2) is 5.76. The van der Waals surface area contributed by atoms with Crippen molar-refractivity contribution in [2.24, 2.45) is 0 Å². The van der Waals surface area contributed by atoms with E-state index in [9.17, 15) is 9.90 Å². The summed E-state index contributed by atoms with van der Waals surface area (Å²) in [5.41, 5.74) is 2.48. The zero-order valence-electron chi connectivity index (χ0n) is 12.9. The molecule has 0 fully saturated rings. The zero-order chi connectivity index (χ0) is 16.8. The van der Waals surface area contributed by atoms with E-state index in [0.29, 0.717) is 21.7 Å². The standard InChI is InChI=1S/C16H15IN4O3/c1-24-12-6-8(5-9(17)15(12)23)14-13-10(3-2-4-11(13)22)20-16-18-7-19-21(14)16/h5-7,14,23H,2-4H2,1H3,(H,18,19,20). The molecule has 1 aliphatic carbocycles. The molecule has 8 heteroatoms. The number of ether oxygens (including phenoxy) is 1. The lowest BCUT2D eigenvalue weighted by Crippen LogP contribution is -2.31. The number of fused-ring (bicyclic) bond motifs is 1. The maximum atomic E-state index is 12.6. The molecule has 1 unspecified atom stereocenters. The Labute approximate surface area is 151 Å². The molecule has 2 aliphatic rings. The molecule has 124 valence electrons. The van der Waals surface area contributed by atoms with Crippen LogP contribution in [0, 0.1) is 3.57 Å². The highest BCUT2D eigenvalue weighted by Crippen LogP contribution is 2.42. The lowest BCUT2D eigenvalue weighted by molar-refractivity contribution is -0.116. The molecule has 2 aromatic rings. The number of Topliss-reactive ketones (excluding diaryl/α,β-unsaturated/α-hetero) is 1. The Morgan fingerprint density at radius 1 is 1.42 bits per heavy atom. The Bertz CT molecular complexity index is 874. The van der Waals surface area contributed by atoms with Gasteiger partial charge in [0.1, 0.15) is 12.4 Å². The van der Waals surface area contributed by atoms with Crippen molar-refractivity contribution in [1.29, 1.82) is 0 Å². The molecule has 0 amide bonds. The van der Waals surface area contributed by atoms with Gasteiger partial charge >= 0.3 is 0 Å². The molecular formula is C16H15IN4O3. The number of aromatic nitrogens is 3. The van der Waals surface area contributed by atoms with Gasteiger partial charge in [0.25, 0.3) is 0 Å². The van der Waals surface area contributed by atoms with Crippen molar-refractivity contribution in [3.05, 3.63) is 38.9 Å². The van der Waals surface area contributed by atoms with E-state index < -0.39 is 0 Å². The summed E-state index contributed by atoms with van der Waals surface area (Å²) in [6.07, 6.45) is 3.66. The number of nitrogens with zero attached hydrogens (tertiary/aromatic N) is 3. The average Bonchev–Trinajstić information content (AvgIpc) is 3.03. The number of phenolic OH excluding ortho intramolecular Hbond substituents is 1. The Morgan fingerprint density at radius 3 is 3.04 bits per heavy atom. The molecule has 7 nitrogen and oxygen atoms in total. The van der Waals surface area contributed by atoms with Crippen LogP contribution in [0.4, 0.5) is 5.95 Å².